The van der Waals surface area contributed by atoms with Crippen molar-refractivity contribution >= 4 is 5.97 Å². The van der Waals surface area contributed by atoms with Gasteiger partial charge in [0, 0.05) is 18.4 Å². The molecule has 0 N–H and O–H groups in total. The largest absolute Gasteiger partial charge is 0.459 e. The molecule has 0 radical (unpaired) electrons. The van der Waals surface area contributed by atoms with Crippen molar-refractivity contribution in [2.75, 3.05) is 7.05 Å². The van der Waals surface area contributed by atoms with Crippen LogP contribution in [-0.2, 0) is 9.47 Å². The minimum absolute atomic E-state index is 0.0425. The van der Waals surface area contributed by atoms with Crippen LogP contribution in [0.25, 0.3) is 0 Å². The standard InChI is InChI=1S/C16H17NO3/c1-17-12-8-10(7-11-13-14(20-13)16(11,12)17)19-15(18)9-5-3-2-4-6-9/h2-6,10-14H,7-8H2,1H3. The van der Waals surface area contributed by atoms with Crippen molar-refractivity contribution in [3.8, 4) is 0 Å². The fourth-order valence-electron chi connectivity index (χ4n) is 4.78. The monoisotopic (exact) mass is 271 g/mol. The van der Waals surface area contributed by atoms with Crippen molar-refractivity contribution in [1.29, 1.82) is 0 Å². The number of benzene rings is 1. The number of nitrogens with zero attached hydrogens (tertiary/aromatic N) is 1. The van der Waals surface area contributed by atoms with E-state index in [2.05, 4.69) is 11.9 Å². The minimum Gasteiger partial charge on any atom is -0.459 e. The van der Waals surface area contributed by atoms with Crippen LogP contribution in [-0.4, -0.2) is 47.8 Å². The number of carbonyl (C=O) groups is 1. The first kappa shape index (κ1) is 11.3. The molecule has 7 atom stereocenters. The number of ether oxygens (including phenoxy) is 2. The summed E-state index contributed by atoms with van der Waals surface area (Å²) >= 11 is 0. The van der Waals surface area contributed by atoms with Crippen LogP contribution >= 0.6 is 0 Å². The fraction of sp³-hybridized carbons (Fsp3) is 0.562. The lowest BCUT2D eigenvalue weighted by molar-refractivity contribution is 0.00824. The molecule has 4 heteroatoms. The molecule has 2 saturated heterocycles. The van der Waals surface area contributed by atoms with Crippen LogP contribution in [0.4, 0.5) is 0 Å². The van der Waals surface area contributed by atoms with Gasteiger partial charge in [-0.1, -0.05) is 18.2 Å². The third-order valence-corrected chi connectivity index (χ3v) is 5.80. The van der Waals surface area contributed by atoms with E-state index in [9.17, 15) is 4.79 Å². The first-order valence-electron chi connectivity index (χ1n) is 7.37. The van der Waals surface area contributed by atoms with E-state index in [4.69, 9.17) is 9.47 Å². The van der Waals surface area contributed by atoms with E-state index in [-0.39, 0.29) is 12.1 Å². The number of epoxide rings is 1. The number of carbonyl (C=O) groups excluding carboxylic acids is 1. The lowest BCUT2D eigenvalue weighted by atomic mass is 9.64. The van der Waals surface area contributed by atoms with Crippen LogP contribution in [0.3, 0.4) is 0 Å². The molecule has 2 heterocycles. The van der Waals surface area contributed by atoms with Crippen molar-refractivity contribution in [2.24, 2.45) is 5.92 Å². The predicted molar refractivity (Wildman–Crippen MR) is 71.3 cm³/mol. The first-order valence-corrected chi connectivity index (χ1v) is 7.37. The quantitative estimate of drug-likeness (QED) is 0.603. The zero-order valence-corrected chi connectivity index (χ0v) is 11.4. The predicted octanol–water partition coefficient (Wildman–Crippen LogP) is 1.46. The number of likely N-dealkylation sites (N-methyl/N-ethyl adjacent to an activating group) is 1. The number of hydrogen-bond acceptors (Lipinski definition) is 4. The number of rotatable bonds is 2. The van der Waals surface area contributed by atoms with Crippen LogP contribution in [0, 0.1) is 5.92 Å². The molecular weight excluding hydrogens is 254 g/mol. The summed E-state index contributed by atoms with van der Waals surface area (Å²) in [7, 11) is 2.18. The fourth-order valence-corrected chi connectivity index (χ4v) is 4.78. The first-order chi connectivity index (χ1) is 9.73. The van der Waals surface area contributed by atoms with Gasteiger partial charge in [-0.25, -0.2) is 4.79 Å². The summed E-state index contributed by atoms with van der Waals surface area (Å²) in [5.74, 6) is 0.379. The zero-order valence-electron chi connectivity index (χ0n) is 11.4. The Morgan fingerprint density at radius 2 is 2.15 bits per heavy atom. The van der Waals surface area contributed by atoms with E-state index >= 15 is 0 Å². The van der Waals surface area contributed by atoms with Gasteiger partial charge in [-0.05, 0) is 25.6 Å². The van der Waals surface area contributed by atoms with Crippen LogP contribution in [0.1, 0.15) is 23.2 Å². The molecule has 0 amide bonds. The molecule has 0 bridgehead atoms. The topological polar surface area (TPSA) is 41.8 Å². The van der Waals surface area contributed by atoms with Crippen molar-refractivity contribution in [1.82, 2.24) is 4.90 Å². The summed E-state index contributed by atoms with van der Waals surface area (Å²) in [6.45, 7) is 0. The molecule has 2 saturated carbocycles. The van der Waals surface area contributed by atoms with Crippen LogP contribution in [0.2, 0.25) is 0 Å². The van der Waals surface area contributed by atoms with Gasteiger partial charge in [-0.3, -0.25) is 4.90 Å². The SMILES string of the molecule is CN1C2CC(OC(=O)c3ccccc3)CC3C4OC4C321. The van der Waals surface area contributed by atoms with Gasteiger partial charge >= 0.3 is 5.97 Å². The summed E-state index contributed by atoms with van der Waals surface area (Å²) in [5.41, 5.74) is 0.961. The van der Waals surface area contributed by atoms with Crippen molar-refractivity contribution in [3.05, 3.63) is 35.9 Å². The average molecular weight is 271 g/mol. The maximum Gasteiger partial charge on any atom is 0.338 e. The molecule has 1 spiro atoms. The van der Waals surface area contributed by atoms with Gasteiger partial charge in [0.2, 0.25) is 0 Å². The highest BCUT2D eigenvalue weighted by molar-refractivity contribution is 5.89. The maximum absolute atomic E-state index is 12.1. The normalized spacial score (nSPS) is 50.0. The van der Waals surface area contributed by atoms with Gasteiger partial charge in [-0.15, -0.1) is 0 Å². The third-order valence-electron chi connectivity index (χ3n) is 5.80. The Hall–Kier alpha value is -1.39. The third kappa shape index (κ3) is 1.18. The Kier molecular flexibility index (Phi) is 1.94. The molecule has 104 valence electrons. The Bertz CT molecular complexity index is 589. The second-order valence-electron chi connectivity index (χ2n) is 6.51. The van der Waals surface area contributed by atoms with Gasteiger partial charge in [0.15, 0.2) is 0 Å². The molecule has 4 nitrogen and oxygen atoms in total. The number of hydrogen-bond donors (Lipinski definition) is 0. The molecule has 7 unspecified atom stereocenters. The molecular formula is C16H17NO3. The Balaban J connectivity index is 1.31. The summed E-state index contributed by atoms with van der Waals surface area (Å²) in [5, 5.41) is 0. The molecule has 2 aliphatic heterocycles. The zero-order chi connectivity index (χ0) is 13.5. The summed E-state index contributed by atoms with van der Waals surface area (Å²) < 4.78 is 11.5. The average Bonchev–Trinajstić information content (AvgIpc) is 3.33. The van der Waals surface area contributed by atoms with Gasteiger partial charge in [0.1, 0.15) is 12.2 Å². The summed E-state index contributed by atoms with van der Waals surface area (Å²) in [6, 6.07) is 9.81. The number of likely N-dealkylation sites (tertiary alicyclic amines) is 1. The Morgan fingerprint density at radius 1 is 1.35 bits per heavy atom. The van der Waals surface area contributed by atoms with E-state index in [1.54, 1.807) is 0 Å². The lowest BCUT2D eigenvalue weighted by Crippen LogP contribution is -2.53. The Labute approximate surface area is 117 Å². The molecule has 2 aliphatic carbocycles. The lowest BCUT2D eigenvalue weighted by Gasteiger charge is -2.38. The van der Waals surface area contributed by atoms with Crippen molar-refractivity contribution < 1.29 is 14.3 Å². The maximum atomic E-state index is 12.1. The highest BCUT2D eigenvalue weighted by Crippen LogP contribution is 2.72. The summed E-state index contributed by atoms with van der Waals surface area (Å²) in [4.78, 5) is 14.6. The highest BCUT2D eigenvalue weighted by atomic mass is 16.6. The molecule has 1 aromatic rings. The molecule has 1 aromatic carbocycles. The van der Waals surface area contributed by atoms with E-state index in [0.717, 1.165) is 12.8 Å². The number of fused-ring (bicyclic) bond motifs is 2. The van der Waals surface area contributed by atoms with Crippen LogP contribution < -0.4 is 0 Å². The minimum atomic E-state index is -0.195. The molecule has 20 heavy (non-hydrogen) atoms. The van der Waals surface area contributed by atoms with E-state index in [1.165, 1.54) is 0 Å². The molecule has 5 rings (SSSR count). The van der Waals surface area contributed by atoms with Gasteiger partial charge in [0.25, 0.3) is 0 Å². The van der Waals surface area contributed by atoms with Gasteiger partial charge in [0.05, 0.1) is 17.2 Å². The van der Waals surface area contributed by atoms with Crippen molar-refractivity contribution in [2.45, 2.75) is 42.7 Å². The molecule has 0 aromatic heterocycles. The molecule has 4 aliphatic rings. The number of esters is 1. The van der Waals surface area contributed by atoms with Gasteiger partial charge in [-0.2, -0.15) is 0 Å². The van der Waals surface area contributed by atoms with Crippen LogP contribution in [0.15, 0.2) is 30.3 Å². The summed E-state index contributed by atoms with van der Waals surface area (Å²) in [6.07, 6.45) is 2.88. The van der Waals surface area contributed by atoms with Crippen LogP contribution in [0.5, 0.6) is 0 Å². The van der Waals surface area contributed by atoms with Crippen molar-refractivity contribution in [3.63, 3.8) is 0 Å². The Morgan fingerprint density at radius 3 is 2.95 bits per heavy atom. The van der Waals surface area contributed by atoms with E-state index in [0.29, 0.717) is 35.3 Å². The second kappa shape index (κ2) is 3.43. The second-order valence-corrected chi connectivity index (χ2v) is 6.51. The van der Waals surface area contributed by atoms with E-state index < -0.39 is 0 Å². The highest BCUT2D eigenvalue weighted by Gasteiger charge is 2.87. The van der Waals surface area contributed by atoms with Gasteiger partial charge < -0.3 is 9.47 Å². The van der Waals surface area contributed by atoms with E-state index in [1.807, 2.05) is 30.3 Å². The smallest absolute Gasteiger partial charge is 0.338 e. The molecule has 4 fully saturated rings.